The van der Waals surface area contributed by atoms with Crippen molar-refractivity contribution in [1.29, 1.82) is 0 Å². The van der Waals surface area contributed by atoms with Gasteiger partial charge in [-0.05, 0) is 91.8 Å². The zero-order chi connectivity index (χ0) is 28.2. The van der Waals surface area contributed by atoms with Crippen LogP contribution < -0.4 is 9.64 Å². The van der Waals surface area contributed by atoms with Gasteiger partial charge in [0.15, 0.2) is 5.17 Å². The van der Waals surface area contributed by atoms with Crippen LogP contribution in [0.2, 0.25) is 5.02 Å². The highest BCUT2D eigenvalue weighted by Gasteiger charge is 2.35. The molecule has 0 bridgehead atoms. The van der Waals surface area contributed by atoms with E-state index in [-0.39, 0.29) is 18.1 Å². The molecule has 1 fully saturated rings. The minimum absolute atomic E-state index is 0.199. The summed E-state index contributed by atoms with van der Waals surface area (Å²) in [7, 11) is 0. The Kier molecular flexibility index (Phi) is 8.05. The highest BCUT2D eigenvalue weighted by atomic mass is 35.5. The summed E-state index contributed by atoms with van der Waals surface area (Å²) in [6.07, 6.45) is 1.76. The Labute approximate surface area is 241 Å². The topological polar surface area (TPSA) is 79.2 Å². The molecule has 0 aliphatic carbocycles. The van der Waals surface area contributed by atoms with Crippen molar-refractivity contribution in [2.24, 2.45) is 4.99 Å². The monoisotopic (exact) mass is 568 g/mol. The van der Waals surface area contributed by atoms with Crippen molar-refractivity contribution in [1.82, 2.24) is 0 Å². The highest BCUT2D eigenvalue weighted by Crippen LogP contribution is 2.39. The molecule has 1 N–H and O–H groups in total. The van der Waals surface area contributed by atoms with E-state index in [4.69, 9.17) is 26.4 Å². The van der Waals surface area contributed by atoms with Crippen molar-refractivity contribution < 1.29 is 19.4 Å². The molecule has 6 nitrogen and oxygen atoms in total. The van der Waals surface area contributed by atoms with Crippen LogP contribution in [0.3, 0.4) is 0 Å². The number of ether oxygens (including phenoxy) is 1. The van der Waals surface area contributed by atoms with Gasteiger partial charge in [-0.1, -0.05) is 59.1 Å². The molecule has 8 heteroatoms. The number of benzene rings is 4. The molecular weight excluding hydrogens is 544 g/mol. The van der Waals surface area contributed by atoms with Gasteiger partial charge >= 0.3 is 5.97 Å². The molecule has 4 aromatic carbocycles. The molecule has 4 aromatic rings. The third-order valence-corrected chi connectivity index (χ3v) is 7.41. The standard InChI is InChI=1S/C32H25ClN2O4S/c1-20-3-12-26(13-4-20)34-32-35(27-14-5-21(2)6-15-27)30(36)29(40-32)18-24-17-25(33)11-16-28(24)39-19-22-7-9-23(10-8-22)31(37)38/h3-18H,19H2,1-2H3,(H,37,38)/b29-18-,34-32?. The number of anilines is 1. The molecule has 200 valence electrons. The fraction of sp³-hybridized carbons (Fsp3) is 0.0938. The summed E-state index contributed by atoms with van der Waals surface area (Å²) in [5, 5.41) is 10.2. The quantitative estimate of drug-likeness (QED) is 0.228. The van der Waals surface area contributed by atoms with Gasteiger partial charge in [0, 0.05) is 10.6 Å². The summed E-state index contributed by atoms with van der Waals surface area (Å²) < 4.78 is 6.07. The number of aryl methyl sites for hydroxylation is 2. The third kappa shape index (κ3) is 6.28. The maximum absolute atomic E-state index is 13.7. The van der Waals surface area contributed by atoms with E-state index in [1.165, 1.54) is 23.9 Å². The first-order valence-corrected chi connectivity index (χ1v) is 13.7. The van der Waals surface area contributed by atoms with E-state index < -0.39 is 5.97 Å². The number of halogens is 1. The molecule has 1 amide bonds. The lowest BCUT2D eigenvalue weighted by Gasteiger charge is -2.16. The van der Waals surface area contributed by atoms with Gasteiger partial charge in [-0.25, -0.2) is 9.79 Å². The van der Waals surface area contributed by atoms with Gasteiger partial charge < -0.3 is 9.84 Å². The van der Waals surface area contributed by atoms with Gasteiger partial charge in [0.2, 0.25) is 0 Å². The average molecular weight is 569 g/mol. The van der Waals surface area contributed by atoms with Crippen molar-refractivity contribution >= 4 is 57.9 Å². The largest absolute Gasteiger partial charge is 0.488 e. The molecule has 0 saturated carbocycles. The molecule has 1 aliphatic rings. The van der Waals surface area contributed by atoms with Crippen LogP contribution in [0.1, 0.15) is 32.6 Å². The molecule has 1 saturated heterocycles. The Morgan fingerprint density at radius 2 is 1.60 bits per heavy atom. The van der Waals surface area contributed by atoms with E-state index in [0.29, 0.717) is 26.4 Å². The Bertz CT molecular complexity index is 1630. The SMILES string of the molecule is Cc1ccc(N=C2S/C(=C\c3cc(Cl)ccc3OCc3ccc(C(=O)O)cc3)C(=O)N2c2ccc(C)cc2)cc1. The number of thioether (sulfide) groups is 1. The lowest BCUT2D eigenvalue weighted by atomic mass is 10.1. The van der Waals surface area contributed by atoms with E-state index >= 15 is 0 Å². The summed E-state index contributed by atoms with van der Waals surface area (Å²) >= 11 is 7.61. The van der Waals surface area contributed by atoms with Crippen LogP contribution in [-0.4, -0.2) is 22.2 Å². The summed E-state index contributed by atoms with van der Waals surface area (Å²) in [4.78, 5) is 31.8. The van der Waals surface area contributed by atoms with Gasteiger partial charge in [-0.2, -0.15) is 0 Å². The van der Waals surface area contributed by atoms with Gasteiger partial charge in [0.25, 0.3) is 5.91 Å². The molecular formula is C32H25ClN2O4S. The fourth-order valence-electron chi connectivity index (χ4n) is 4.01. The number of carbonyl (C=O) groups is 2. The summed E-state index contributed by atoms with van der Waals surface area (Å²) in [6.45, 7) is 4.23. The minimum atomic E-state index is -0.984. The second-order valence-corrected chi connectivity index (χ2v) is 10.7. The summed E-state index contributed by atoms with van der Waals surface area (Å²) in [6, 6.07) is 27.3. The van der Waals surface area contributed by atoms with Crippen LogP contribution in [0.5, 0.6) is 5.75 Å². The molecule has 0 atom stereocenters. The number of nitrogens with zero attached hydrogens (tertiary/aromatic N) is 2. The van der Waals surface area contributed by atoms with E-state index in [2.05, 4.69) is 0 Å². The zero-order valence-electron chi connectivity index (χ0n) is 21.8. The first-order chi connectivity index (χ1) is 19.3. The van der Waals surface area contributed by atoms with E-state index in [1.54, 1.807) is 41.3 Å². The highest BCUT2D eigenvalue weighted by molar-refractivity contribution is 8.19. The van der Waals surface area contributed by atoms with E-state index in [0.717, 1.165) is 28.1 Å². The molecule has 0 aromatic heterocycles. The minimum Gasteiger partial charge on any atom is -0.488 e. The molecule has 0 spiro atoms. The van der Waals surface area contributed by atoms with Crippen LogP contribution in [0.15, 0.2) is 101 Å². The fourth-order valence-corrected chi connectivity index (χ4v) is 5.18. The second kappa shape index (κ2) is 11.8. The normalized spacial score (nSPS) is 15.2. The van der Waals surface area contributed by atoms with Crippen LogP contribution in [0, 0.1) is 13.8 Å². The van der Waals surface area contributed by atoms with Gasteiger partial charge in [0.1, 0.15) is 12.4 Å². The smallest absolute Gasteiger partial charge is 0.335 e. The predicted molar refractivity (Wildman–Crippen MR) is 162 cm³/mol. The Hall–Kier alpha value is -4.33. The molecule has 40 heavy (non-hydrogen) atoms. The maximum Gasteiger partial charge on any atom is 0.335 e. The molecule has 0 radical (unpaired) electrons. The van der Waals surface area contributed by atoms with Crippen LogP contribution in [0.4, 0.5) is 11.4 Å². The average Bonchev–Trinajstić information content (AvgIpc) is 3.24. The first kappa shape index (κ1) is 27.2. The van der Waals surface area contributed by atoms with Gasteiger partial charge in [-0.3, -0.25) is 9.69 Å². The molecule has 0 unspecified atom stereocenters. The number of carboxylic acid groups (broad SMARTS) is 1. The van der Waals surface area contributed by atoms with Crippen molar-refractivity contribution in [2.45, 2.75) is 20.5 Å². The van der Waals surface area contributed by atoms with Crippen LogP contribution in [-0.2, 0) is 11.4 Å². The van der Waals surface area contributed by atoms with Crippen LogP contribution in [0.25, 0.3) is 6.08 Å². The Morgan fingerprint density at radius 3 is 2.25 bits per heavy atom. The number of carboxylic acids is 1. The number of aromatic carboxylic acids is 1. The van der Waals surface area contributed by atoms with E-state index in [9.17, 15) is 9.59 Å². The Balaban J connectivity index is 1.47. The number of amides is 1. The zero-order valence-corrected chi connectivity index (χ0v) is 23.4. The van der Waals surface area contributed by atoms with Crippen molar-refractivity contribution in [3.05, 3.63) is 129 Å². The number of rotatable bonds is 7. The Morgan fingerprint density at radius 1 is 0.950 bits per heavy atom. The van der Waals surface area contributed by atoms with Crippen molar-refractivity contribution in [2.75, 3.05) is 4.90 Å². The van der Waals surface area contributed by atoms with Crippen molar-refractivity contribution in [3.63, 3.8) is 0 Å². The van der Waals surface area contributed by atoms with Gasteiger partial charge in [0.05, 0.1) is 21.8 Å². The van der Waals surface area contributed by atoms with Crippen LogP contribution >= 0.6 is 23.4 Å². The summed E-state index contributed by atoms with van der Waals surface area (Å²) in [5.41, 5.74) is 5.35. The summed E-state index contributed by atoms with van der Waals surface area (Å²) in [5.74, 6) is -0.643. The number of carbonyl (C=O) groups excluding carboxylic acids is 1. The third-order valence-electron chi connectivity index (χ3n) is 6.21. The number of aliphatic imine (C=N–C) groups is 1. The maximum atomic E-state index is 13.7. The van der Waals surface area contributed by atoms with Gasteiger partial charge in [-0.15, -0.1) is 0 Å². The first-order valence-electron chi connectivity index (χ1n) is 12.5. The van der Waals surface area contributed by atoms with E-state index in [1.807, 2.05) is 62.4 Å². The second-order valence-electron chi connectivity index (χ2n) is 9.29. The molecule has 5 rings (SSSR count). The number of hydrogen-bond acceptors (Lipinski definition) is 5. The molecule has 1 aliphatic heterocycles. The molecule has 1 heterocycles. The lowest BCUT2D eigenvalue weighted by Crippen LogP contribution is -2.28. The number of hydrogen-bond donors (Lipinski definition) is 1. The lowest BCUT2D eigenvalue weighted by molar-refractivity contribution is -0.113. The van der Waals surface area contributed by atoms with Crippen molar-refractivity contribution in [3.8, 4) is 5.75 Å². The predicted octanol–water partition coefficient (Wildman–Crippen LogP) is 8.04. The number of amidine groups is 1.